The van der Waals surface area contributed by atoms with Crippen LogP contribution in [0.4, 0.5) is 0 Å². The van der Waals surface area contributed by atoms with Gasteiger partial charge in [-0.05, 0) is 5.56 Å². The van der Waals surface area contributed by atoms with Gasteiger partial charge in [0.25, 0.3) is 0 Å². The summed E-state index contributed by atoms with van der Waals surface area (Å²) in [6, 6.07) is 9.53. The van der Waals surface area contributed by atoms with Gasteiger partial charge in [-0.15, -0.1) is 0 Å². The predicted molar refractivity (Wildman–Crippen MR) is 57.5 cm³/mol. The van der Waals surface area contributed by atoms with Crippen LogP contribution < -0.4 is 0 Å². The highest BCUT2D eigenvalue weighted by molar-refractivity contribution is 7.76. The van der Waals surface area contributed by atoms with E-state index in [4.69, 9.17) is 9.29 Å². The van der Waals surface area contributed by atoms with Crippen LogP contribution >= 0.6 is 0 Å². The van der Waals surface area contributed by atoms with E-state index < -0.39 is 11.3 Å². The van der Waals surface area contributed by atoms with Crippen LogP contribution in [0, 0.1) is 0 Å². The number of hydrogen-bond acceptors (Lipinski definition) is 2. The molecule has 0 aromatic heterocycles. The zero-order chi connectivity index (χ0) is 10.7. The first-order valence-electron chi connectivity index (χ1n) is 4.79. The second kappa shape index (κ2) is 4.85. The number of benzene rings is 1. The molecular weight excluding hydrogens is 214 g/mol. The third kappa shape index (κ3) is 2.43. The molecule has 0 spiro atoms. The molecule has 15 heavy (non-hydrogen) atoms. The summed E-state index contributed by atoms with van der Waals surface area (Å²) in [4.78, 5) is 0. The van der Waals surface area contributed by atoms with Crippen molar-refractivity contribution in [2.24, 2.45) is 0 Å². The maximum Gasteiger partial charge on any atom is 0.235 e. The van der Waals surface area contributed by atoms with Gasteiger partial charge in [0.15, 0.2) is 0 Å². The van der Waals surface area contributed by atoms with Crippen molar-refractivity contribution in [3.63, 3.8) is 0 Å². The molecule has 5 heteroatoms. The second-order valence-corrected chi connectivity index (χ2v) is 4.30. The van der Waals surface area contributed by atoms with E-state index >= 15 is 0 Å². The Kier molecular flexibility index (Phi) is 3.48. The van der Waals surface area contributed by atoms with Crippen LogP contribution in [-0.2, 0) is 16.0 Å². The molecule has 0 saturated carbocycles. The van der Waals surface area contributed by atoms with Gasteiger partial charge in [-0.2, -0.15) is 4.31 Å². The van der Waals surface area contributed by atoms with Gasteiger partial charge in [0.05, 0.1) is 19.3 Å². The van der Waals surface area contributed by atoms with Gasteiger partial charge in [0.2, 0.25) is 11.3 Å². The van der Waals surface area contributed by atoms with Crippen LogP contribution in [-0.4, -0.2) is 32.8 Å². The minimum absolute atomic E-state index is 0.120. The predicted octanol–water partition coefficient (Wildman–Crippen LogP) is 1.20. The molecule has 1 saturated heterocycles. The number of hydrogen-bond donors (Lipinski definition) is 1. The summed E-state index contributed by atoms with van der Waals surface area (Å²) in [5, 5.41) is 0. The molecule has 1 aliphatic rings. The maximum atomic E-state index is 11.1. The zero-order valence-electron chi connectivity index (χ0n) is 8.20. The van der Waals surface area contributed by atoms with Crippen LogP contribution in [0.1, 0.15) is 11.6 Å². The zero-order valence-corrected chi connectivity index (χ0v) is 9.02. The average Bonchev–Trinajstić information content (AvgIpc) is 2.30. The fraction of sp³-hybridized carbons (Fsp3) is 0.400. The number of nitrogens with zero attached hydrogens (tertiary/aromatic N) is 1. The van der Waals surface area contributed by atoms with Crippen LogP contribution in [0.5, 0.6) is 0 Å². The van der Waals surface area contributed by atoms with E-state index in [1.807, 2.05) is 30.3 Å². The highest BCUT2D eigenvalue weighted by Crippen LogP contribution is 2.24. The van der Waals surface area contributed by atoms with Crippen LogP contribution in [0.25, 0.3) is 0 Å². The van der Waals surface area contributed by atoms with Gasteiger partial charge in [-0.25, -0.2) is 4.21 Å². The molecule has 1 fully saturated rings. The standard InChI is InChI=1S/C10H13NO3S/c12-15(13)11-6-7-14-8-10(11)9-4-2-1-3-5-9/h1-5,10H,6-8H2,(H,12,13). The van der Waals surface area contributed by atoms with Crippen molar-refractivity contribution < 1.29 is 13.5 Å². The lowest BCUT2D eigenvalue weighted by molar-refractivity contribution is 0.0315. The highest BCUT2D eigenvalue weighted by Gasteiger charge is 2.27. The summed E-state index contributed by atoms with van der Waals surface area (Å²) in [6.07, 6.45) is 0. The third-order valence-corrected chi connectivity index (χ3v) is 3.30. The summed E-state index contributed by atoms with van der Waals surface area (Å²) < 4.78 is 27.1. The molecule has 2 unspecified atom stereocenters. The highest BCUT2D eigenvalue weighted by atomic mass is 32.2. The molecule has 1 aliphatic heterocycles. The van der Waals surface area contributed by atoms with Gasteiger partial charge in [-0.1, -0.05) is 30.3 Å². The largest absolute Gasteiger partial charge is 0.378 e. The summed E-state index contributed by atoms with van der Waals surface area (Å²) in [6.45, 7) is 1.47. The lowest BCUT2D eigenvalue weighted by Crippen LogP contribution is -2.40. The molecule has 0 amide bonds. The first-order chi connectivity index (χ1) is 7.29. The molecule has 1 aromatic rings. The Morgan fingerprint density at radius 1 is 1.40 bits per heavy atom. The van der Waals surface area contributed by atoms with Gasteiger partial charge in [0.1, 0.15) is 0 Å². The topological polar surface area (TPSA) is 49.8 Å². The number of morpholine rings is 1. The molecular formula is C10H13NO3S. The van der Waals surface area contributed by atoms with Crippen molar-refractivity contribution >= 4 is 11.3 Å². The van der Waals surface area contributed by atoms with Crippen LogP contribution in [0.15, 0.2) is 30.3 Å². The summed E-state index contributed by atoms with van der Waals surface area (Å²) in [5.41, 5.74) is 1.01. The van der Waals surface area contributed by atoms with E-state index in [0.29, 0.717) is 19.8 Å². The Balaban J connectivity index is 2.22. The van der Waals surface area contributed by atoms with Crippen LogP contribution in [0.2, 0.25) is 0 Å². The smallest absolute Gasteiger partial charge is 0.235 e. The minimum atomic E-state index is -1.93. The van der Waals surface area contributed by atoms with E-state index in [2.05, 4.69) is 0 Å². The Labute approximate surface area is 91.3 Å². The van der Waals surface area contributed by atoms with E-state index in [9.17, 15) is 4.21 Å². The van der Waals surface area contributed by atoms with Gasteiger partial charge in [0, 0.05) is 6.54 Å². The molecule has 1 heterocycles. The summed E-state index contributed by atoms with van der Waals surface area (Å²) in [7, 11) is 0. The second-order valence-electron chi connectivity index (χ2n) is 3.37. The Morgan fingerprint density at radius 3 is 2.80 bits per heavy atom. The molecule has 0 radical (unpaired) electrons. The average molecular weight is 227 g/mol. The molecule has 0 bridgehead atoms. The molecule has 0 aliphatic carbocycles. The monoisotopic (exact) mass is 227 g/mol. The van der Waals surface area contributed by atoms with Gasteiger partial charge in [-0.3, -0.25) is 4.55 Å². The summed E-state index contributed by atoms with van der Waals surface area (Å²) in [5.74, 6) is 0. The van der Waals surface area contributed by atoms with Gasteiger partial charge >= 0.3 is 0 Å². The van der Waals surface area contributed by atoms with E-state index in [-0.39, 0.29) is 6.04 Å². The fourth-order valence-electron chi connectivity index (χ4n) is 1.71. The molecule has 1 aromatic carbocycles. The first-order valence-corrected chi connectivity index (χ1v) is 5.85. The molecule has 2 atom stereocenters. The van der Waals surface area contributed by atoms with Crippen molar-refractivity contribution in [1.82, 2.24) is 4.31 Å². The molecule has 4 nitrogen and oxygen atoms in total. The van der Waals surface area contributed by atoms with E-state index in [1.54, 1.807) is 4.31 Å². The van der Waals surface area contributed by atoms with E-state index in [1.165, 1.54) is 0 Å². The Bertz CT molecular complexity index is 344. The summed E-state index contributed by atoms with van der Waals surface area (Å²) >= 11 is -1.93. The van der Waals surface area contributed by atoms with Crippen molar-refractivity contribution in [2.45, 2.75) is 6.04 Å². The molecule has 2 rings (SSSR count). The lowest BCUT2D eigenvalue weighted by Gasteiger charge is -2.32. The van der Waals surface area contributed by atoms with Crippen molar-refractivity contribution in [3.8, 4) is 0 Å². The first kappa shape index (κ1) is 10.8. The number of ether oxygens (including phenoxy) is 1. The minimum Gasteiger partial charge on any atom is -0.378 e. The number of rotatable bonds is 2. The van der Waals surface area contributed by atoms with Crippen LogP contribution in [0.3, 0.4) is 0 Å². The fourth-order valence-corrected chi connectivity index (χ4v) is 2.34. The van der Waals surface area contributed by atoms with E-state index in [0.717, 1.165) is 5.56 Å². The SMILES string of the molecule is O=S(O)N1CCOCC1c1ccccc1. The van der Waals surface area contributed by atoms with Crippen molar-refractivity contribution in [2.75, 3.05) is 19.8 Å². The lowest BCUT2D eigenvalue weighted by atomic mass is 10.1. The van der Waals surface area contributed by atoms with Gasteiger partial charge < -0.3 is 4.74 Å². The quantitative estimate of drug-likeness (QED) is 0.772. The van der Waals surface area contributed by atoms with Crippen molar-refractivity contribution in [1.29, 1.82) is 0 Å². The molecule has 1 N–H and O–H groups in total. The maximum absolute atomic E-state index is 11.1. The Morgan fingerprint density at radius 2 is 2.13 bits per heavy atom. The Hall–Kier alpha value is -0.750. The third-order valence-electron chi connectivity index (χ3n) is 2.46. The van der Waals surface area contributed by atoms with Crippen molar-refractivity contribution in [3.05, 3.63) is 35.9 Å². The molecule has 82 valence electrons. The normalized spacial score (nSPS) is 25.0.